The summed E-state index contributed by atoms with van der Waals surface area (Å²) in [5.74, 6) is -1.30. The molecule has 1 aliphatic heterocycles. The Labute approximate surface area is 119 Å². The van der Waals surface area contributed by atoms with Crippen molar-refractivity contribution in [1.29, 1.82) is 0 Å². The molecule has 1 aromatic heterocycles. The fourth-order valence-corrected chi connectivity index (χ4v) is 3.02. The number of aliphatic carboxylic acids is 1. The van der Waals surface area contributed by atoms with E-state index in [-0.39, 0.29) is 18.4 Å². The second-order valence-corrected chi connectivity index (χ2v) is 5.79. The van der Waals surface area contributed by atoms with E-state index in [2.05, 4.69) is 10.3 Å². The summed E-state index contributed by atoms with van der Waals surface area (Å²) in [5, 5.41) is 12.1. The van der Waals surface area contributed by atoms with Crippen molar-refractivity contribution >= 4 is 38.6 Å². The van der Waals surface area contributed by atoms with Gasteiger partial charge in [-0.1, -0.05) is 23.5 Å². The molecule has 1 aliphatic rings. The first-order valence-electron chi connectivity index (χ1n) is 6.22. The van der Waals surface area contributed by atoms with Crippen molar-refractivity contribution in [2.45, 2.75) is 0 Å². The lowest BCUT2D eigenvalue weighted by Gasteiger charge is -2.35. The molecule has 2 aromatic rings. The highest BCUT2D eigenvalue weighted by atomic mass is 32.1. The van der Waals surface area contributed by atoms with E-state index in [1.54, 1.807) is 4.90 Å². The van der Waals surface area contributed by atoms with E-state index in [0.29, 0.717) is 18.2 Å². The van der Waals surface area contributed by atoms with E-state index in [1.807, 2.05) is 24.3 Å². The van der Waals surface area contributed by atoms with Crippen LogP contribution in [0.25, 0.3) is 10.2 Å². The number of carboxylic acid groups (broad SMARTS) is 1. The van der Waals surface area contributed by atoms with Crippen molar-refractivity contribution in [2.24, 2.45) is 5.92 Å². The van der Waals surface area contributed by atoms with Gasteiger partial charge in [0.05, 0.1) is 22.7 Å². The lowest BCUT2D eigenvalue weighted by Crippen LogP contribution is -2.52. The van der Waals surface area contributed by atoms with Gasteiger partial charge >= 0.3 is 5.97 Å². The molecule has 0 saturated carbocycles. The zero-order chi connectivity index (χ0) is 14.1. The molecule has 0 spiro atoms. The van der Waals surface area contributed by atoms with Crippen LogP contribution in [-0.2, 0) is 9.59 Å². The zero-order valence-corrected chi connectivity index (χ0v) is 11.4. The van der Waals surface area contributed by atoms with Crippen LogP contribution in [-0.4, -0.2) is 46.5 Å². The molecule has 3 rings (SSSR count). The number of para-hydroxylation sites is 1. The van der Waals surface area contributed by atoms with E-state index in [0.717, 1.165) is 10.2 Å². The van der Waals surface area contributed by atoms with Crippen molar-refractivity contribution in [3.63, 3.8) is 0 Å². The molecule has 0 bridgehead atoms. The van der Waals surface area contributed by atoms with Crippen molar-refractivity contribution in [3.05, 3.63) is 24.3 Å². The van der Waals surface area contributed by atoms with Gasteiger partial charge in [-0.05, 0) is 12.1 Å². The monoisotopic (exact) mass is 291 g/mol. The van der Waals surface area contributed by atoms with Gasteiger partial charge in [0.15, 0.2) is 5.13 Å². The van der Waals surface area contributed by atoms with E-state index in [1.165, 1.54) is 11.3 Å². The van der Waals surface area contributed by atoms with Crippen molar-refractivity contribution < 1.29 is 14.7 Å². The minimum atomic E-state index is -0.798. The maximum atomic E-state index is 11.8. The summed E-state index contributed by atoms with van der Waals surface area (Å²) in [4.78, 5) is 28.6. The van der Waals surface area contributed by atoms with Crippen LogP contribution < -0.4 is 5.32 Å². The summed E-state index contributed by atoms with van der Waals surface area (Å²) >= 11 is 1.43. The van der Waals surface area contributed by atoms with Crippen molar-refractivity contribution in [1.82, 2.24) is 9.88 Å². The number of aromatic nitrogens is 1. The van der Waals surface area contributed by atoms with Gasteiger partial charge in [-0.25, -0.2) is 4.98 Å². The van der Waals surface area contributed by atoms with Gasteiger partial charge in [0.1, 0.15) is 0 Å². The maximum Gasteiger partial charge on any atom is 0.309 e. The number of amides is 1. The van der Waals surface area contributed by atoms with Gasteiger partial charge < -0.3 is 10.4 Å². The van der Waals surface area contributed by atoms with E-state index < -0.39 is 5.97 Å². The number of carbonyl (C=O) groups excluding carboxylic acids is 1. The molecular weight excluding hydrogens is 278 g/mol. The first-order chi connectivity index (χ1) is 9.61. The fourth-order valence-electron chi connectivity index (χ4n) is 2.14. The van der Waals surface area contributed by atoms with E-state index in [4.69, 9.17) is 5.11 Å². The Morgan fingerprint density at radius 2 is 2.15 bits per heavy atom. The molecule has 20 heavy (non-hydrogen) atoms. The summed E-state index contributed by atoms with van der Waals surface area (Å²) in [5.41, 5.74) is 0.864. The average Bonchev–Trinajstić information content (AvgIpc) is 2.74. The molecule has 2 N–H and O–H groups in total. The van der Waals surface area contributed by atoms with Gasteiger partial charge in [-0.2, -0.15) is 0 Å². The number of rotatable bonds is 4. The largest absolute Gasteiger partial charge is 0.481 e. The third kappa shape index (κ3) is 2.63. The number of carbonyl (C=O) groups is 2. The Bertz CT molecular complexity index is 631. The molecule has 1 amide bonds. The van der Waals surface area contributed by atoms with Crippen LogP contribution in [0.4, 0.5) is 5.13 Å². The first-order valence-corrected chi connectivity index (χ1v) is 7.04. The molecule has 1 fully saturated rings. The number of anilines is 1. The van der Waals surface area contributed by atoms with Gasteiger partial charge in [-0.15, -0.1) is 0 Å². The minimum Gasteiger partial charge on any atom is -0.481 e. The second-order valence-electron chi connectivity index (χ2n) is 4.76. The van der Waals surface area contributed by atoms with Gasteiger partial charge in [0, 0.05) is 13.1 Å². The van der Waals surface area contributed by atoms with Crippen LogP contribution >= 0.6 is 11.3 Å². The van der Waals surface area contributed by atoms with Crippen LogP contribution in [0.1, 0.15) is 0 Å². The van der Waals surface area contributed by atoms with Gasteiger partial charge in [0.25, 0.3) is 0 Å². The smallest absolute Gasteiger partial charge is 0.309 e. The number of fused-ring (bicyclic) bond motifs is 1. The van der Waals surface area contributed by atoms with E-state index in [9.17, 15) is 9.59 Å². The molecule has 0 radical (unpaired) electrons. The summed E-state index contributed by atoms with van der Waals surface area (Å²) < 4.78 is 1.03. The second kappa shape index (κ2) is 5.18. The normalized spacial score (nSPS) is 16.0. The molecule has 0 atom stereocenters. The average molecular weight is 291 g/mol. The Morgan fingerprint density at radius 3 is 2.85 bits per heavy atom. The molecule has 2 heterocycles. The number of nitrogens with zero attached hydrogens (tertiary/aromatic N) is 2. The standard InChI is InChI=1S/C13H13N3O3S/c17-11(7-16-5-8(6-16)12(18)19)15-13-14-9-3-1-2-4-10(9)20-13/h1-4,8H,5-7H2,(H,18,19)(H,14,15,17). The van der Waals surface area contributed by atoms with Crippen molar-refractivity contribution in [3.8, 4) is 0 Å². The number of hydrogen-bond acceptors (Lipinski definition) is 5. The number of likely N-dealkylation sites (tertiary alicyclic amines) is 1. The lowest BCUT2D eigenvalue weighted by atomic mass is 10.0. The Morgan fingerprint density at radius 1 is 1.40 bits per heavy atom. The third-order valence-corrected chi connectivity index (χ3v) is 4.17. The summed E-state index contributed by atoms with van der Waals surface area (Å²) in [6.07, 6.45) is 0. The lowest BCUT2D eigenvalue weighted by molar-refractivity contribution is -0.148. The topological polar surface area (TPSA) is 82.5 Å². The van der Waals surface area contributed by atoms with Gasteiger partial charge in [0.2, 0.25) is 5.91 Å². The highest BCUT2D eigenvalue weighted by molar-refractivity contribution is 7.22. The van der Waals surface area contributed by atoms with Crippen molar-refractivity contribution in [2.75, 3.05) is 25.0 Å². The van der Waals surface area contributed by atoms with E-state index >= 15 is 0 Å². The molecule has 0 unspecified atom stereocenters. The van der Waals surface area contributed by atoms with Crippen LogP contribution in [0.3, 0.4) is 0 Å². The van der Waals surface area contributed by atoms with Crippen LogP contribution in [0.2, 0.25) is 0 Å². The Balaban J connectivity index is 1.55. The predicted octanol–water partition coefficient (Wildman–Crippen LogP) is 1.25. The first kappa shape index (κ1) is 13.0. The Kier molecular flexibility index (Phi) is 3.37. The molecule has 7 heteroatoms. The number of benzene rings is 1. The number of carboxylic acids is 1. The molecule has 1 aromatic carbocycles. The highest BCUT2D eigenvalue weighted by Gasteiger charge is 2.33. The van der Waals surface area contributed by atoms with Crippen LogP contribution in [0, 0.1) is 5.92 Å². The molecule has 6 nitrogen and oxygen atoms in total. The Hall–Kier alpha value is -1.99. The predicted molar refractivity (Wildman–Crippen MR) is 75.8 cm³/mol. The van der Waals surface area contributed by atoms with Crippen LogP contribution in [0.15, 0.2) is 24.3 Å². The number of thiazole rings is 1. The molecule has 104 valence electrons. The summed E-state index contributed by atoms with van der Waals surface area (Å²) in [6, 6.07) is 7.68. The maximum absolute atomic E-state index is 11.8. The third-order valence-electron chi connectivity index (χ3n) is 3.21. The fraction of sp³-hybridized carbons (Fsp3) is 0.308. The summed E-state index contributed by atoms with van der Waals surface area (Å²) in [6.45, 7) is 1.07. The minimum absolute atomic E-state index is 0.159. The summed E-state index contributed by atoms with van der Waals surface area (Å²) in [7, 11) is 0. The highest BCUT2D eigenvalue weighted by Crippen LogP contribution is 2.25. The SMILES string of the molecule is O=C(CN1CC(C(=O)O)C1)Nc1nc2ccccc2s1. The van der Waals surface area contributed by atoms with Gasteiger partial charge in [-0.3, -0.25) is 14.5 Å². The molecule has 0 aliphatic carbocycles. The quantitative estimate of drug-likeness (QED) is 0.886. The zero-order valence-electron chi connectivity index (χ0n) is 10.6. The molecular formula is C13H13N3O3S. The van der Waals surface area contributed by atoms with Crippen LogP contribution in [0.5, 0.6) is 0 Å². The number of hydrogen-bond donors (Lipinski definition) is 2. The molecule has 1 saturated heterocycles. The number of nitrogens with one attached hydrogen (secondary N) is 1.